The van der Waals surface area contributed by atoms with Crippen LogP contribution in [-0.2, 0) is 14.4 Å². The van der Waals surface area contributed by atoms with E-state index in [9.17, 15) is 19.5 Å². The normalized spacial score (nSPS) is 21.0. The number of carbonyl (C=O) groups excluding carboxylic acids is 2. The Morgan fingerprint density at radius 2 is 2.13 bits per heavy atom. The van der Waals surface area contributed by atoms with Crippen molar-refractivity contribution in [3.8, 4) is 0 Å². The van der Waals surface area contributed by atoms with E-state index >= 15 is 0 Å². The van der Waals surface area contributed by atoms with Crippen molar-refractivity contribution < 1.29 is 19.5 Å². The topological polar surface area (TPSA) is 99.1 Å². The minimum atomic E-state index is -1.12. The molecule has 162 valence electrons. The maximum atomic E-state index is 12.7. The van der Waals surface area contributed by atoms with E-state index in [1.165, 1.54) is 34.6 Å². The fraction of sp³-hybridized carbons (Fsp3) is 0.273. The number of nitrogens with one attached hydrogen (secondary N) is 1. The summed E-state index contributed by atoms with van der Waals surface area (Å²) in [4.78, 5) is 43.0. The standard InChI is InChI=1S/C22H23N3O4S2/c1-3-14(9-10-23-2)11-17(26)24-18-20(27)25-19(22(28)29)15(13-31-21(18)25)12-30-16-7-5-4-6-8-16/h3-10,18,21H,2,11-13H2,1H3,(H,24,26)(H,28,29)/b10-9-,14-3+/t18-,21?/m1/s1. The van der Waals surface area contributed by atoms with Gasteiger partial charge in [0.1, 0.15) is 17.1 Å². The van der Waals surface area contributed by atoms with Crippen LogP contribution >= 0.6 is 23.5 Å². The summed E-state index contributed by atoms with van der Waals surface area (Å²) in [5.74, 6) is -0.830. The lowest BCUT2D eigenvalue weighted by Gasteiger charge is -2.49. The van der Waals surface area contributed by atoms with Gasteiger partial charge in [-0.25, -0.2) is 4.79 Å². The first-order valence-corrected chi connectivity index (χ1v) is 11.6. The van der Waals surface area contributed by atoms with Crippen LogP contribution in [0.15, 0.2) is 75.4 Å². The van der Waals surface area contributed by atoms with Crippen molar-refractivity contribution in [2.75, 3.05) is 11.5 Å². The molecule has 0 aliphatic carbocycles. The summed E-state index contributed by atoms with van der Waals surface area (Å²) in [7, 11) is 0. The number of carboxylic acids is 1. The van der Waals surface area contributed by atoms with Crippen LogP contribution in [0.25, 0.3) is 0 Å². The van der Waals surface area contributed by atoms with Crippen molar-refractivity contribution in [3.05, 3.63) is 65.5 Å². The molecular formula is C22H23N3O4S2. The van der Waals surface area contributed by atoms with Gasteiger partial charge in [-0.05, 0) is 43.0 Å². The smallest absolute Gasteiger partial charge is 0.352 e. The van der Waals surface area contributed by atoms with E-state index in [4.69, 9.17) is 0 Å². The number of allylic oxidation sites excluding steroid dienone is 2. The van der Waals surface area contributed by atoms with Crippen LogP contribution in [-0.4, -0.2) is 57.4 Å². The zero-order valence-electron chi connectivity index (χ0n) is 17.0. The predicted octanol–water partition coefficient (Wildman–Crippen LogP) is 3.07. The number of carboxylic acid groups (broad SMARTS) is 1. The van der Waals surface area contributed by atoms with Gasteiger partial charge in [0.05, 0.1) is 6.42 Å². The SMILES string of the molecule is C=N/C=C\C(=C/C)CC(=O)N[C@@H]1C(=O)N2C(C(=O)O)=C(CSc3ccccc3)CSC12. The zero-order chi connectivity index (χ0) is 22.4. The first kappa shape index (κ1) is 22.9. The fourth-order valence-corrected chi connectivity index (χ4v) is 5.70. The molecule has 31 heavy (non-hydrogen) atoms. The lowest BCUT2D eigenvalue weighted by atomic mass is 10.0. The molecule has 1 fully saturated rings. The Bertz CT molecular complexity index is 972. The largest absolute Gasteiger partial charge is 0.477 e. The van der Waals surface area contributed by atoms with Crippen LogP contribution in [0.5, 0.6) is 0 Å². The molecule has 0 aromatic heterocycles. The van der Waals surface area contributed by atoms with Gasteiger partial charge in [0.2, 0.25) is 5.91 Å². The number of thioether (sulfide) groups is 2. The number of nitrogens with zero attached hydrogens (tertiary/aromatic N) is 2. The number of carbonyl (C=O) groups is 3. The first-order chi connectivity index (χ1) is 15.0. The molecule has 0 bridgehead atoms. The van der Waals surface area contributed by atoms with Crippen LogP contribution in [0.1, 0.15) is 13.3 Å². The van der Waals surface area contributed by atoms with Crippen molar-refractivity contribution in [2.45, 2.75) is 29.7 Å². The van der Waals surface area contributed by atoms with Gasteiger partial charge in [-0.3, -0.25) is 19.5 Å². The molecule has 9 heteroatoms. The van der Waals surface area contributed by atoms with Crippen molar-refractivity contribution in [1.29, 1.82) is 0 Å². The lowest BCUT2D eigenvalue weighted by molar-refractivity contribution is -0.150. The Morgan fingerprint density at radius 3 is 2.77 bits per heavy atom. The number of aliphatic carboxylic acids is 1. The van der Waals surface area contributed by atoms with E-state index in [2.05, 4.69) is 17.0 Å². The fourth-order valence-electron chi connectivity index (χ4n) is 3.30. The Hall–Kier alpha value is -2.78. The van der Waals surface area contributed by atoms with Gasteiger partial charge in [0.15, 0.2) is 0 Å². The highest BCUT2D eigenvalue weighted by Gasteiger charge is 2.54. The van der Waals surface area contributed by atoms with Crippen LogP contribution in [0.4, 0.5) is 0 Å². The summed E-state index contributed by atoms with van der Waals surface area (Å²) in [5, 5.41) is 12.1. The number of amides is 2. The molecule has 0 saturated carbocycles. The van der Waals surface area contributed by atoms with Gasteiger partial charge in [0, 0.05) is 22.6 Å². The van der Waals surface area contributed by atoms with E-state index < -0.39 is 23.3 Å². The third-order valence-electron chi connectivity index (χ3n) is 4.85. The van der Waals surface area contributed by atoms with E-state index in [1.54, 1.807) is 12.2 Å². The Balaban J connectivity index is 1.67. The molecule has 0 radical (unpaired) electrons. The predicted molar refractivity (Wildman–Crippen MR) is 124 cm³/mol. The highest BCUT2D eigenvalue weighted by Crippen LogP contribution is 2.41. The zero-order valence-corrected chi connectivity index (χ0v) is 18.6. The average Bonchev–Trinajstić information content (AvgIpc) is 2.78. The Morgan fingerprint density at radius 1 is 1.39 bits per heavy atom. The van der Waals surface area contributed by atoms with Gasteiger partial charge in [-0.15, -0.1) is 23.5 Å². The van der Waals surface area contributed by atoms with Crippen LogP contribution in [0.2, 0.25) is 0 Å². The lowest BCUT2D eigenvalue weighted by Crippen LogP contribution is -2.70. The van der Waals surface area contributed by atoms with Gasteiger partial charge in [-0.2, -0.15) is 0 Å². The van der Waals surface area contributed by atoms with Crippen molar-refractivity contribution >= 4 is 48.0 Å². The van der Waals surface area contributed by atoms with E-state index in [1.807, 2.05) is 37.3 Å². The number of benzene rings is 1. The molecule has 3 rings (SSSR count). The van der Waals surface area contributed by atoms with E-state index in [0.29, 0.717) is 17.1 Å². The van der Waals surface area contributed by atoms with Crippen LogP contribution in [0.3, 0.4) is 0 Å². The number of fused-ring (bicyclic) bond motifs is 1. The second kappa shape index (κ2) is 10.5. The monoisotopic (exact) mass is 457 g/mol. The maximum Gasteiger partial charge on any atom is 0.352 e. The molecule has 2 atom stereocenters. The Kier molecular flexibility index (Phi) is 7.75. The highest BCUT2D eigenvalue weighted by molar-refractivity contribution is 8.01. The number of β-lactam (4-membered cyclic amide) rings is 1. The molecular weight excluding hydrogens is 434 g/mol. The summed E-state index contributed by atoms with van der Waals surface area (Å²) < 4.78 is 0. The second-order valence-electron chi connectivity index (χ2n) is 6.85. The number of hydrogen-bond donors (Lipinski definition) is 2. The molecule has 1 aromatic carbocycles. The van der Waals surface area contributed by atoms with Crippen LogP contribution < -0.4 is 5.32 Å². The minimum absolute atomic E-state index is 0.0387. The maximum absolute atomic E-state index is 12.7. The summed E-state index contributed by atoms with van der Waals surface area (Å²) in [6.07, 6.45) is 5.06. The van der Waals surface area contributed by atoms with E-state index in [0.717, 1.165) is 10.5 Å². The third kappa shape index (κ3) is 5.29. The number of rotatable bonds is 9. The van der Waals surface area contributed by atoms with Crippen LogP contribution in [0, 0.1) is 0 Å². The molecule has 2 aliphatic rings. The minimum Gasteiger partial charge on any atom is -0.477 e. The Labute approximate surface area is 189 Å². The summed E-state index contributed by atoms with van der Waals surface area (Å²) in [6, 6.07) is 8.97. The summed E-state index contributed by atoms with van der Waals surface area (Å²) >= 11 is 3.01. The molecule has 1 aromatic rings. The molecule has 0 spiro atoms. The molecule has 7 nitrogen and oxygen atoms in total. The number of hydrogen-bond acceptors (Lipinski definition) is 6. The summed E-state index contributed by atoms with van der Waals surface area (Å²) in [6.45, 7) is 5.17. The quantitative estimate of drug-likeness (QED) is 0.256. The highest BCUT2D eigenvalue weighted by atomic mass is 32.2. The van der Waals surface area contributed by atoms with Gasteiger partial charge >= 0.3 is 5.97 Å². The van der Waals surface area contributed by atoms with Gasteiger partial charge in [0.25, 0.3) is 5.91 Å². The average molecular weight is 458 g/mol. The molecule has 2 aliphatic heterocycles. The van der Waals surface area contributed by atoms with E-state index in [-0.39, 0.29) is 18.0 Å². The third-order valence-corrected chi connectivity index (χ3v) is 7.29. The van der Waals surface area contributed by atoms with Gasteiger partial charge in [-0.1, -0.05) is 24.3 Å². The molecule has 2 N–H and O–H groups in total. The molecule has 1 saturated heterocycles. The van der Waals surface area contributed by atoms with Crippen molar-refractivity contribution in [1.82, 2.24) is 10.2 Å². The molecule has 2 heterocycles. The summed E-state index contributed by atoms with van der Waals surface area (Å²) in [5.41, 5.74) is 1.49. The van der Waals surface area contributed by atoms with Gasteiger partial charge < -0.3 is 10.4 Å². The number of aliphatic imine (C=N–C) groups is 1. The second-order valence-corrected chi connectivity index (χ2v) is 9.01. The molecule has 2 amide bonds. The van der Waals surface area contributed by atoms with Crippen molar-refractivity contribution in [2.24, 2.45) is 4.99 Å². The molecule has 1 unspecified atom stereocenters. The van der Waals surface area contributed by atoms with Crippen molar-refractivity contribution in [3.63, 3.8) is 0 Å². The first-order valence-electron chi connectivity index (χ1n) is 9.61.